The summed E-state index contributed by atoms with van der Waals surface area (Å²) in [7, 11) is -4.03. The molecule has 1 atom stereocenters. The third-order valence-electron chi connectivity index (χ3n) is 2.75. The molecular weight excluding hydrogens is 359 g/mol. The number of carbonyl (C=O) groups excluding carboxylic acids is 1. The Kier molecular flexibility index (Phi) is 4.07. The van der Waals surface area contributed by atoms with Crippen LogP contribution < -0.4 is 10.1 Å². The summed E-state index contributed by atoms with van der Waals surface area (Å²) in [5.74, 6) is -7.23. The minimum absolute atomic E-state index is 0.0313. The van der Waals surface area contributed by atoms with E-state index in [1.807, 2.05) is 0 Å². The average molecular weight is 365 g/mol. The van der Waals surface area contributed by atoms with Gasteiger partial charge in [0, 0.05) is 4.90 Å². The number of carbonyl (C=O) groups is 1. The molecule has 1 heterocycles. The van der Waals surface area contributed by atoms with E-state index in [-0.39, 0.29) is 11.4 Å². The highest BCUT2D eigenvalue weighted by atomic mass is 32.2. The number of hydrogen-bond acceptors (Lipinski definition) is 3. The van der Waals surface area contributed by atoms with Crippen molar-refractivity contribution in [3.63, 3.8) is 0 Å². The van der Waals surface area contributed by atoms with Crippen molar-refractivity contribution in [1.82, 2.24) is 0 Å². The minimum atomic E-state index is -6.59. The first-order chi connectivity index (χ1) is 10.4. The second kappa shape index (κ2) is 5.35. The van der Waals surface area contributed by atoms with Gasteiger partial charge in [-0.25, -0.2) is 4.21 Å². The maximum absolute atomic E-state index is 13.4. The zero-order chi connectivity index (χ0) is 17.6. The van der Waals surface area contributed by atoms with E-state index in [1.165, 1.54) is 0 Å². The molecular formula is C11H6F7NO3S. The maximum Gasteiger partial charge on any atom is 0.461 e. The van der Waals surface area contributed by atoms with Gasteiger partial charge in [-0.1, -0.05) is 0 Å². The Bertz CT molecular complexity index is 674. The number of benzene rings is 1. The summed E-state index contributed by atoms with van der Waals surface area (Å²) >= 11 is 0. The molecule has 0 fully saturated rings. The summed E-state index contributed by atoms with van der Waals surface area (Å²) in [5.41, 5.74) is -0.266. The SMILES string of the molecule is O=C1COc2ccc(S(=O)C(F)(F)C(F)(F)C(F)(F)F)cc2N1. The normalized spacial score (nSPS) is 17.1. The van der Waals surface area contributed by atoms with Crippen LogP contribution in [0.3, 0.4) is 0 Å². The Morgan fingerprint density at radius 1 is 1.09 bits per heavy atom. The second-order valence-corrected chi connectivity index (χ2v) is 5.87. The predicted octanol–water partition coefficient (Wildman–Crippen LogP) is 2.92. The van der Waals surface area contributed by atoms with E-state index in [4.69, 9.17) is 4.74 Å². The number of rotatable bonds is 3. The van der Waals surface area contributed by atoms with Gasteiger partial charge in [0.25, 0.3) is 5.91 Å². The first-order valence-electron chi connectivity index (χ1n) is 5.69. The van der Waals surface area contributed by atoms with Crippen LogP contribution >= 0.6 is 0 Å². The quantitative estimate of drug-likeness (QED) is 0.838. The summed E-state index contributed by atoms with van der Waals surface area (Å²) < 4.78 is 105. The monoisotopic (exact) mass is 365 g/mol. The lowest BCUT2D eigenvalue weighted by Crippen LogP contribution is -2.54. The molecule has 0 aromatic heterocycles. The molecule has 1 aromatic rings. The molecule has 0 aliphatic carbocycles. The molecule has 23 heavy (non-hydrogen) atoms. The highest BCUT2D eigenvalue weighted by Gasteiger charge is 2.76. The summed E-state index contributed by atoms with van der Waals surface area (Å²) in [6.07, 6.45) is -6.59. The van der Waals surface area contributed by atoms with Crippen molar-refractivity contribution in [2.75, 3.05) is 11.9 Å². The van der Waals surface area contributed by atoms with Gasteiger partial charge in [0.05, 0.1) is 5.69 Å². The number of ether oxygens (including phenoxy) is 1. The topological polar surface area (TPSA) is 55.4 Å². The zero-order valence-electron chi connectivity index (χ0n) is 10.7. The van der Waals surface area contributed by atoms with Gasteiger partial charge in [0.2, 0.25) is 0 Å². The van der Waals surface area contributed by atoms with Gasteiger partial charge < -0.3 is 10.1 Å². The van der Waals surface area contributed by atoms with Crippen LogP contribution in [0.5, 0.6) is 5.75 Å². The molecule has 4 nitrogen and oxygen atoms in total. The summed E-state index contributed by atoms with van der Waals surface area (Å²) in [5, 5.41) is -3.78. The van der Waals surface area contributed by atoms with Crippen LogP contribution in [-0.2, 0) is 15.6 Å². The fraction of sp³-hybridized carbons (Fsp3) is 0.364. The molecule has 1 aromatic carbocycles. The molecule has 0 bridgehead atoms. The van der Waals surface area contributed by atoms with Crippen LogP contribution in [0.2, 0.25) is 0 Å². The van der Waals surface area contributed by atoms with Crippen molar-refractivity contribution in [1.29, 1.82) is 0 Å². The van der Waals surface area contributed by atoms with E-state index < -0.39 is 45.6 Å². The molecule has 0 spiro atoms. The van der Waals surface area contributed by atoms with E-state index >= 15 is 0 Å². The van der Waals surface area contributed by atoms with E-state index in [0.29, 0.717) is 12.1 Å². The van der Waals surface area contributed by atoms with Gasteiger partial charge in [0.15, 0.2) is 6.61 Å². The summed E-state index contributed by atoms with van der Waals surface area (Å²) in [6.45, 7) is -0.391. The largest absolute Gasteiger partial charge is 0.482 e. The molecule has 1 N–H and O–H groups in total. The summed E-state index contributed by atoms with van der Waals surface area (Å²) in [6, 6.07) is 2.15. The van der Waals surface area contributed by atoms with Crippen molar-refractivity contribution in [2.45, 2.75) is 22.2 Å². The highest BCUT2D eigenvalue weighted by molar-refractivity contribution is 7.86. The molecule has 128 valence electrons. The number of nitrogens with one attached hydrogen (secondary N) is 1. The highest BCUT2D eigenvalue weighted by Crippen LogP contribution is 2.49. The number of halogens is 7. The fourth-order valence-corrected chi connectivity index (χ4v) is 2.67. The smallest absolute Gasteiger partial charge is 0.461 e. The van der Waals surface area contributed by atoms with Gasteiger partial charge >= 0.3 is 17.4 Å². The van der Waals surface area contributed by atoms with Gasteiger partial charge in [-0.15, -0.1) is 0 Å². The van der Waals surface area contributed by atoms with Crippen molar-refractivity contribution < 1.29 is 44.5 Å². The van der Waals surface area contributed by atoms with E-state index in [2.05, 4.69) is 5.32 Å². The van der Waals surface area contributed by atoms with Crippen LogP contribution in [0.4, 0.5) is 36.4 Å². The Labute approximate surface area is 126 Å². The van der Waals surface area contributed by atoms with Crippen LogP contribution in [0.15, 0.2) is 23.1 Å². The van der Waals surface area contributed by atoms with Crippen molar-refractivity contribution in [3.8, 4) is 5.75 Å². The maximum atomic E-state index is 13.4. The molecule has 1 aliphatic rings. The molecule has 2 rings (SSSR count). The summed E-state index contributed by atoms with van der Waals surface area (Å²) in [4.78, 5) is 10.0. The van der Waals surface area contributed by atoms with Crippen LogP contribution in [-0.4, -0.2) is 34.1 Å². The fourth-order valence-electron chi connectivity index (χ4n) is 1.61. The van der Waals surface area contributed by atoms with Gasteiger partial charge in [-0.2, -0.15) is 30.7 Å². The molecule has 0 saturated carbocycles. The van der Waals surface area contributed by atoms with Crippen molar-refractivity contribution in [2.24, 2.45) is 0 Å². The molecule has 0 radical (unpaired) electrons. The average Bonchev–Trinajstić information content (AvgIpc) is 2.44. The third kappa shape index (κ3) is 2.86. The Morgan fingerprint density at radius 3 is 2.26 bits per heavy atom. The lowest BCUT2D eigenvalue weighted by atomic mass is 10.2. The molecule has 12 heteroatoms. The first-order valence-corrected chi connectivity index (χ1v) is 6.84. The lowest BCUT2D eigenvalue weighted by molar-refractivity contribution is -0.331. The number of alkyl halides is 7. The van der Waals surface area contributed by atoms with Crippen molar-refractivity contribution in [3.05, 3.63) is 18.2 Å². The third-order valence-corrected chi connectivity index (χ3v) is 4.16. The van der Waals surface area contributed by atoms with Crippen LogP contribution in [0.25, 0.3) is 0 Å². The first kappa shape index (κ1) is 17.5. The van der Waals surface area contributed by atoms with E-state index in [9.17, 15) is 39.7 Å². The zero-order valence-corrected chi connectivity index (χ0v) is 11.5. The minimum Gasteiger partial charge on any atom is -0.482 e. The van der Waals surface area contributed by atoms with Crippen molar-refractivity contribution >= 4 is 22.4 Å². The Balaban J connectivity index is 2.41. The van der Waals surface area contributed by atoms with Crippen LogP contribution in [0, 0.1) is 0 Å². The molecule has 1 unspecified atom stereocenters. The molecule has 1 aliphatic heterocycles. The number of amides is 1. The number of anilines is 1. The second-order valence-electron chi connectivity index (χ2n) is 4.35. The lowest BCUT2D eigenvalue weighted by Gasteiger charge is -2.27. The van der Waals surface area contributed by atoms with Gasteiger partial charge in [0.1, 0.15) is 16.5 Å². The van der Waals surface area contributed by atoms with Gasteiger partial charge in [-0.3, -0.25) is 4.79 Å². The molecule has 1 amide bonds. The number of hydrogen-bond donors (Lipinski definition) is 1. The van der Waals surface area contributed by atoms with E-state index in [0.717, 1.165) is 6.07 Å². The Hall–Kier alpha value is -1.85. The van der Waals surface area contributed by atoms with Crippen LogP contribution in [0.1, 0.15) is 0 Å². The standard InChI is InChI=1S/C11H6F7NO3S/c12-9(13,10(14,15)16)11(17,18)23(21)5-1-2-7-6(3-5)19-8(20)4-22-7/h1-3H,4H2,(H,19,20). The predicted molar refractivity (Wildman–Crippen MR) is 62.9 cm³/mol. The Morgan fingerprint density at radius 2 is 1.70 bits per heavy atom. The van der Waals surface area contributed by atoms with E-state index in [1.54, 1.807) is 0 Å². The number of fused-ring (bicyclic) bond motifs is 1. The van der Waals surface area contributed by atoms with Gasteiger partial charge in [-0.05, 0) is 18.2 Å². The molecule has 0 saturated heterocycles.